The maximum absolute atomic E-state index is 11.6. The summed E-state index contributed by atoms with van der Waals surface area (Å²) in [6.45, 7) is 3.26. The van der Waals surface area contributed by atoms with Crippen LogP contribution in [0.4, 0.5) is 0 Å². The van der Waals surface area contributed by atoms with Crippen molar-refractivity contribution >= 4 is 32.6 Å². The quantitative estimate of drug-likeness (QED) is 0.693. The Morgan fingerprint density at radius 3 is 2.54 bits per heavy atom. The van der Waals surface area contributed by atoms with Gasteiger partial charge in [0.1, 0.15) is 0 Å². The molecular formula is C8H14BrNO2S. The molecule has 1 saturated heterocycles. The number of rotatable bonds is 2. The number of carbonyl (C=O) groups is 1. The van der Waals surface area contributed by atoms with Gasteiger partial charge in [0, 0.05) is 35.4 Å². The molecule has 0 bridgehead atoms. The van der Waals surface area contributed by atoms with Crippen molar-refractivity contribution in [2.45, 2.75) is 18.2 Å². The summed E-state index contributed by atoms with van der Waals surface area (Å²) in [6, 6.07) is 0. The lowest BCUT2D eigenvalue weighted by Crippen LogP contribution is -2.44. The highest BCUT2D eigenvalue weighted by Crippen LogP contribution is 2.11. The second-order valence-electron chi connectivity index (χ2n) is 3.05. The standard InChI is InChI=1S/C8H14BrNO2S/c1-2-7(9)8(11)10-3-5-13(12)6-4-10/h7H,2-6H2,1H3. The van der Waals surface area contributed by atoms with E-state index in [0.29, 0.717) is 24.6 Å². The van der Waals surface area contributed by atoms with Crippen LogP contribution in [0.2, 0.25) is 0 Å². The van der Waals surface area contributed by atoms with Crippen molar-refractivity contribution in [1.29, 1.82) is 0 Å². The van der Waals surface area contributed by atoms with Crippen molar-refractivity contribution in [2.24, 2.45) is 0 Å². The van der Waals surface area contributed by atoms with Crippen LogP contribution in [0.15, 0.2) is 0 Å². The molecule has 0 N–H and O–H groups in total. The fourth-order valence-corrected chi connectivity index (χ4v) is 2.57. The average Bonchev–Trinajstić information content (AvgIpc) is 2.17. The number of amides is 1. The van der Waals surface area contributed by atoms with Crippen molar-refractivity contribution in [3.8, 4) is 0 Å². The van der Waals surface area contributed by atoms with Gasteiger partial charge in [-0.25, -0.2) is 0 Å². The van der Waals surface area contributed by atoms with Gasteiger partial charge in [-0.2, -0.15) is 0 Å². The molecule has 5 heteroatoms. The predicted molar refractivity (Wildman–Crippen MR) is 57.5 cm³/mol. The minimum Gasteiger partial charge on any atom is -0.340 e. The molecule has 0 aromatic rings. The van der Waals surface area contributed by atoms with Gasteiger partial charge < -0.3 is 4.90 Å². The second-order valence-corrected chi connectivity index (χ2v) is 5.85. The largest absolute Gasteiger partial charge is 0.340 e. The second kappa shape index (κ2) is 5.10. The monoisotopic (exact) mass is 267 g/mol. The highest BCUT2D eigenvalue weighted by atomic mass is 79.9. The molecule has 0 spiro atoms. The molecule has 0 aromatic carbocycles. The van der Waals surface area contributed by atoms with E-state index in [9.17, 15) is 9.00 Å². The van der Waals surface area contributed by atoms with Crippen LogP contribution in [0.1, 0.15) is 13.3 Å². The molecule has 1 atom stereocenters. The van der Waals surface area contributed by atoms with Crippen LogP contribution >= 0.6 is 15.9 Å². The predicted octanol–water partition coefficient (Wildman–Crippen LogP) is 0.751. The lowest BCUT2D eigenvalue weighted by molar-refractivity contribution is -0.130. The first-order valence-corrected chi connectivity index (χ1v) is 6.83. The Balaban J connectivity index is 2.44. The summed E-state index contributed by atoms with van der Waals surface area (Å²) < 4.78 is 11.0. The molecule has 1 heterocycles. The SMILES string of the molecule is CCC(Br)C(=O)N1CCS(=O)CC1. The first-order valence-electron chi connectivity index (χ1n) is 4.43. The van der Waals surface area contributed by atoms with Gasteiger partial charge in [-0.15, -0.1) is 0 Å². The van der Waals surface area contributed by atoms with Gasteiger partial charge >= 0.3 is 0 Å². The van der Waals surface area contributed by atoms with Gasteiger partial charge in [0.25, 0.3) is 0 Å². The van der Waals surface area contributed by atoms with Gasteiger partial charge in [0.2, 0.25) is 5.91 Å². The minimum absolute atomic E-state index is 0.0703. The molecule has 1 aliphatic heterocycles. The molecule has 1 fully saturated rings. The van der Waals surface area contributed by atoms with E-state index in [-0.39, 0.29) is 10.7 Å². The summed E-state index contributed by atoms with van der Waals surface area (Å²) in [5, 5.41) is 0. The van der Waals surface area contributed by atoms with E-state index >= 15 is 0 Å². The zero-order chi connectivity index (χ0) is 9.84. The Kier molecular flexibility index (Phi) is 4.38. The van der Waals surface area contributed by atoms with Crippen LogP contribution in [0, 0.1) is 0 Å². The number of nitrogens with zero attached hydrogens (tertiary/aromatic N) is 1. The molecule has 1 unspecified atom stereocenters. The molecule has 13 heavy (non-hydrogen) atoms. The van der Waals surface area contributed by atoms with E-state index in [1.807, 2.05) is 6.92 Å². The number of hydrogen-bond donors (Lipinski definition) is 0. The first-order chi connectivity index (χ1) is 6.15. The van der Waals surface area contributed by atoms with Gasteiger partial charge in [0.15, 0.2) is 0 Å². The Morgan fingerprint density at radius 1 is 1.54 bits per heavy atom. The Labute approximate surface area is 89.5 Å². The Bertz CT molecular complexity index is 212. The Hall–Kier alpha value is 0.1000. The summed E-state index contributed by atoms with van der Waals surface area (Å²) in [4.78, 5) is 13.3. The summed E-state index contributed by atoms with van der Waals surface area (Å²) in [5.74, 6) is 1.41. The van der Waals surface area contributed by atoms with E-state index < -0.39 is 10.8 Å². The van der Waals surface area contributed by atoms with E-state index in [0.717, 1.165) is 6.42 Å². The van der Waals surface area contributed by atoms with Crippen LogP contribution in [0.3, 0.4) is 0 Å². The van der Waals surface area contributed by atoms with Gasteiger partial charge in [0.05, 0.1) is 4.83 Å². The lowest BCUT2D eigenvalue weighted by Gasteiger charge is -2.27. The lowest BCUT2D eigenvalue weighted by atomic mass is 10.3. The molecule has 1 aliphatic rings. The molecule has 76 valence electrons. The van der Waals surface area contributed by atoms with Crippen molar-refractivity contribution < 1.29 is 9.00 Å². The highest BCUT2D eigenvalue weighted by molar-refractivity contribution is 9.10. The topological polar surface area (TPSA) is 37.4 Å². The summed E-state index contributed by atoms with van der Waals surface area (Å²) in [7, 11) is -0.702. The van der Waals surface area contributed by atoms with Crippen LogP contribution in [0.25, 0.3) is 0 Å². The fourth-order valence-electron chi connectivity index (χ4n) is 1.23. The molecular weight excluding hydrogens is 254 g/mol. The normalized spacial score (nSPS) is 21.5. The van der Waals surface area contributed by atoms with Crippen molar-refractivity contribution in [1.82, 2.24) is 4.90 Å². The molecule has 0 radical (unpaired) electrons. The third-order valence-corrected chi connectivity index (χ3v) is 4.43. The zero-order valence-corrected chi connectivity index (χ0v) is 10.1. The summed E-state index contributed by atoms with van der Waals surface area (Å²) in [5.41, 5.74) is 0. The number of hydrogen-bond acceptors (Lipinski definition) is 2. The third kappa shape index (κ3) is 3.06. The van der Waals surface area contributed by atoms with E-state index in [1.54, 1.807) is 4.90 Å². The van der Waals surface area contributed by atoms with Crippen LogP contribution in [-0.2, 0) is 15.6 Å². The van der Waals surface area contributed by atoms with Crippen LogP contribution in [0.5, 0.6) is 0 Å². The zero-order valence-electron chi connectivity index (χ0n) is 7.66. The fraction of sp³-hybridized carbons (Fsp3) is 0.875. The van der Waals surface area contributed by atoms with Gasteiger partial charge in [-0.3, -0.25) is 9.00 Å². The molecule has 1 amide bonds. The van der Waals surface area contributed by atoms with Crippen molar-refractivity contribution in [3.05, 3.63) is 0 Å². The van der Waals surface area contributed by atoms with Crippen molar-refractivity contribution in [3.63, 3.8) is 0 Å². The summed E-state index contributed by atoms with van der Waals surface area (Å²) in [6.07, 6.45) is 0.804. The van der Waals surface area contributed by atoms with Gasteiger partial charge in [-0.1, -0.05) is 22.9 Å². The molecule has 0 aromatic heterocycles. The van der Waals surface area contributed by atoms with E-state index in [1.165, 1.54) is 0 Å². The Morgan fingerprint density at radius 2 is 2.08 bits per heavy atom. The number of halogens is 1. The highest BCUT2D eigenvalue weighted by Gasteiger charge is 2.23. The maximum Gasteiger partial charge on any atom is 0.236 e. The van der Waals surface area contributed by atoms with Crippen molar-refractivity contribution in [2.75, 3.05) is 24.6 Å². The maximum atomic E-state index is 11.6. The minimum atomic E-state index is -0.702. The molecule has 0 saturated carbocycles. The molecule has 0 aliphatic carbocycles. The van der Waals surface area contributed by atoms with E-state index in [4.69, 9.17) is 0 Å². The smallest absolute Gasteiger partial charge is 0.236 e. The van der Waals surface area contributed by atoms with Crippen LogP contribution < -0.4 is 0 Å². The third-order valence-electron chi connectivity index (χ3n) is 2.12. The van der Waals surface area contributed by atoms with Gasteiger partial charge in [-0.05, 0) is 6.42 Å². The van der Waals surface area contributed by atoms with E-state index in [2.05, 4.69) is 15.9 Å². The van der Waals surface area contributed by atoms with Crippen LogP contribution in [-0.4, -0.2) is 44.4 Å². The number of alkyl halides is 1. The summed E-state index contributed by atoms with van der Waals surface area (Å²) >= 11 is 3.33. The molecule has 1 rings (SSSR count). The molecule has 3 nitrogen and oxygen atoms in total. The first kappa shape index (κ1) is 11.2. The average molecular weight is 268 g/mol. The number of carbonyl (C=O) groups excluding carboxylic acids is 1.